The van der Waals surface area contributed by atoms with Gasteiger partial charge in [-0.3, -0.25) is 0 Å². The predicted molar refractivity (Wildman–Crippen MR) is 97.9 cm³/mol. The minimum atomic E-state index is -0.967. The van der Waals surface area contributed by atoms with Gasteiger partial charge in [-0.25, -0.2) is 9.78 Å². The zero-order chi connectivity index (χ0) is 19.3. The average molecular weight is 374 g/mol. The molecule has 1 amide bonds. The highest BCUT2D eigenvalue weighted by molar-refractivity contribution is 7.99. The lowest BCUT2D eigenvalue weighted by molar-refractivity contribution is 0.0990. The zero-order valence-electron chi connectivity index (χ0n) is 15.3. The Hall–Kier alpha value is -2.53. The van der Waals surface area contributed by atoms with Crippen molar-refractivity contribution in [3.8, 4) is 6.07 Å². The SMILES string of the molecule is Cc1ccc(C#N)c(S[C@H](CCN(C(=O)O)C(C)(C)C)c2ccno2)n1. The van der Waals surface area contributed by atoms with Gasteiger partial charge in [-0.05, 0) is 46.2 Å². The van der Waals surface area contributed by atoms with E-state index in [4.69, 9.17) is 4.52 Å². The first-order valence-corrected chi connectivity index (χ1v) is 9.06. The topological polar surface area (TPSA) is 103 Å². The first-order valence-electron chi connectivity index (χ1n) is 8.18. The van der Waals surface area contributed by atoms with Crippen LogP contribution in [0.3, 0.4) is 0 Å². The molecule has 2 heterocycles. The van der Waals surface area contributed by atoms with Crippen LogP contribution in [0.1, 0.15) is 49.5 Å². The molecule has 138 valence electrons. The van der Waals surface area contributed by atoms with Crippen molar-refractivity contribution in [3.05, 3.63) is 41.4 Å². The molecular formula is C18H22N4O3S. The molecule has 0 aliphatic rings. The van der Waals surface area contributed by atoms with Crippen molar-refractivity contribution in [2.75, 3.05) is 6.54 Å². The summed E-state index contributed by atoms with van der Waals surface area (Å²) in [6.45, 7) is 7.75. The molecule has 8 heteroatoms. The Morgan fingerprint density at radius 2 is 2.15 bits per heavy atom. The Balaban J connectivity index is 2.25. The molecule has 1 atom stereocenters. The summed E-state index contributed by atoms with van der Waals surface area (Å²) in [5.41, 5.74) is 0.780. The number of aromatic nitrogens is 2. The van der Waals surface area contributed by atoms with Crippen molar-refractivity contribution >= 4 is 17.9 Å². The molecule has 0 unspecified atom stereocenters. The van der Waals surface area contributed by atoms with Crippen LogP contribution >= 0.6 is 11.8 Å². The molecule has 0 fully saturated rings. The highest BCUT2D eigenvalue weighted by Crippen LogP contribution is 2.38. The van der Waals surface area contributed by atoms with Crippen LogP contribution in [0.15, 0.2) is 33.9 Å². The lowest BCUT2D eigenvalue weighted by atomic mass is 10.1. The molecule has 0 aliphatic heterocycles. The van der Waals surface area contributed by atoms with Crippen molar-refractivity contribution in [2.24, 2.45) is 0 Å². The highest BCUT2D eigenvalue weighted by Gasteiger charge is 2.28. The molecule has 0 aromatic carbocycles. The second kappa shape index (κ2) is 8.23. The van der Waals surface area contributed by atoms with Crippen LogP contribution in [0.2, 0.25) is 0 Å². The van der Waals surface area contributed by atoms with E-state index in [1.54, 1.807) is 24.4 Å². The Labute approximate surface area is 157 Å². The van der Waals surface area contributed by atoms with Crippen LogP contribution in [0.4, 0.5) is 4.79 Å². The van der Waals surface area contributed by atoms with Gasteiger partial charge >= 0.3 is 6.09 Å². The van der Waals surface area contributed by atoms with E-state index < -0.39 is 11.6 Å². The maximum Gasteiger partial charge on any atom is 0.407 e. The molecular weight excluding hydrogens is 352 g/mol. The van der Waals surface area contributed by atoms with Crippen molar-refractivity contribution in [3.63, 3.8) is 0 Å². The summed E-state index contributed by atoms with van der Waals surface area (Å²) in [6.07, 6.45) is 1.09. The van der Waals surface area contributed by atoms with Gasteiger partial charge < -0.3 is 14.5 Å². The lowest BCUT2D eigenvalue weighted by Crippen LogP contribution is -2.45. The van der Waals surface area contributed by atoms with E-state index in [0.717, 1.165) is 5.69 Å². The molecule has 1 N–H and O–H groups in total. The summed E-state index contributed by atoms with van der Waals surface area (Å²) in [5, 5.41) is 23.0. The first-order chi connectivity index (χ1) is 12.2. The van der Waals surface area contributed by atoms with E-state index in [1.807, 2.05) is 27.7 Å². The molecule has 0 bridgehead atoms. The quantitative estimate of drug-likeness (QED) is 0.754. The second-order valence-electron chi connectivity index (χ2n) is 6.83. The number of amides is 1. The molecule has 7 nitrogen and oxygen atoms in total. The van der Waals surface area contributed by atoms with Crippen LogP contribution in [0.25, 0.3) is 0 Å². The molecule has 2 rings (SSSR count). The Morgan fingerprint density at radius 1 is 1.42 bits per heavy atom. The van der Waals surface area contributed by atoms with E-state index >= 15 is 0 Å². The summed E-state index contributed by atoms with van der Waals surface area (Å²) < 4.78 is 5.30. The van der Waals surface area contributed by atoms with Gasteiger partial charge in [-0.2, -0.15) is 5.26 Å². The molecule has 2 aromatic heterocycles. The monoisotopic (exact) mass is 374 g/mol. The van der Waals surface area contributed by atoms with Crippen LogP contribution in [0, 0.1) is 18.3 Å². The third-order valence-corrected chi connectivity index (χ3v) is 5.09. The minimum Gasteiger partial charge on any atom is -0.465 e. The molecule has 0 saturated carbocycles. The number of aryl methyl sites for hydroxylation is 1. The van der Waals surface area contributed by atoms with Gasteiger partial charge in [-0.1, -0.05) is 16.9 Å². The predicted octanol–water partition coefficient (Wildman–Crippen LogP) is 4.25. The van der Waals surface area contributed by atoms with E-state index in [-0.39, 0.29) is 5.25 Å². The van der Waals surface area contributed by atoms with Crippen molar-refractivity contribution in [2.45, 2.75) is 49.9 Å². The fourth-order valence-corrected chi connectivity index (χ4v) is 3.63. The fourth-order valence-electron chi connectivity index (χ4n) is 2.46. The fraction of sp³-hybridized carbons (Fsp3) is 0.444. The Morgan fingerprint density at radius 3 is 2.69 bits per heavy atom. The number of hydrogen-bond acceptors (Lipinski definition) is 6. The van der Waals surface area contributed by atoms with Crippen LogP contribution in [-0.4, -0.2) is 38.3 Å². The molecule has 2 aromatic rings. The number of hydrogen-bond donors (Lipinski definition) is 1. The van der Waals surface area contributed by atoms with Gasteiger partial charge in [0.25, 0.3) is 0 Å². The Bertz CT molecular complexity index is 794. The van der Waals surface area contributed by atoms with E-state index in [1.165, 1.54) is 16.7 Å². The number of rotatable bonds is 6. The van der Waals surface area contributed by atoms with Gasteiger partial charge in [0.15, 0.2) is 0 Å². The standard InChI is InChI=1S/C18H22N4O3S/c1-12-5-6-13(11-19)16(21-12)26-15(14-7-9-20-25-14)8-10-22(17(23)24)18(2,3)4/h5-7,9,15H,8,10H2,1-4H3,(H,23,24)/t15-/m1/s1. The normalized spacial score (nSPS) is 12.4. The minimum absolute atomic E-state index is 0.205. The van der Waals surface area contributed by atoms with Gasteiger partial charge in [0.2, 0.25) is 0 Å². The van der Waals surface area contributed by atoms with Crippen LogP contribution in [0.5, 0.6) is 0 Å². The summed E-state index contributed by atoms with van der Waals surface area (Å²) >= 11 is 1.39. The molecule has 0 saturated heterocycles. The van der Waals surface area contributed by atoms with Gasteiger partial charge in [0.05, 0.1) is 17.0 Å². The summed E-state index contributed by atoms with van der Waals surface area (Å²) in [5.74, 6) is 0.626. The Kier molecular flexibility index (Phi) is 6.27. The van der Waals surface area contributed by atoms with Gasteiger partial charge in [0.1, 0.15) is 16.9 Å². The molecule has 0 radical (unpaired) electrons. The van der Waals surface area contributed by atoms with Gasteiger partial charge in [0, 0.05) is 23.8 Å². The van der Waals surface area contributed by atoms with E-state index in [9.17, 15) is 15.2 Å². The number of carbonyl (C=O) groups is 1. The maximum absolute atomic E-state index is 11.6. The number of nitriles is 1. The van der Waals surface area contributed by atoms with Crippen molar-refractivity contribution < 1.29 is 14.4 Å². The molecule has 0 aliphatic carbocycles. The highest BCUT2D eigenvalue weighted by atomic mass is 32.2. The van der Waals surface area contributed by atoms with Gasteiger partial charge in [-0.15, -0.1) is 0 Å². The molecule has 0 spiro atoms. The number of carboxylic acid groups (broad SMARTS) is 1. The van der Waals surface area contributed by atoms with Crippen molar-refractivity contribution in [1.29, 1.82) is 5.26 Å². The summed E-state index contributed by atoms with van der Waals surface area (Å²) in [6, 6.07) is 7.42. The molecule has 26 heavy (non-hydrogen) atoms. The zero-order valence-corrected chi connectivity index (χ0v) is 16.1. The van der Waals surface area contributed by atoms with Crippen LogP contribution in [-0.2, 0) is 0 Å². The summed E-state index contributed by atoms with van der Waals surface area (Å²) in [4.78, 5) is 17.4. The average Bonchev–Trinajstić information content (AvgIpc) is 3.07. The smallest absolute Gasteiger partial charge is 0.407 e. The number of thioether (sulfide) groups is 1. The maximum atomic E-state index is 11.6. The first kappa shape index (κ1) is 19.8. The number of nitrogens with zero attached hydrogens (tertiary/aromatic N) is 4. The number of pyridine rings is 1. The van der Waals surface area contributed by atoms with E-state index in [0.29, 0.717) is 29.3 Å². The second-order valence-corrected chi connectivity index (χ2v) is 8.02. The van der Waals surface area contributed by atoms with E-state index in [2.05, 4.69) is 16.2 Å². The summed E-state index contributed by atoms with van der Waals surface area (Å²) in [7, 11) is 0. The third-order valence-electron chi connectivity index (χ3n) is 3.80. The lowest BCUT2D eigenvalue weighted by Gasteiger charge is -2.33. The van der Waals surface area contributed by atoms with Crippen molar-refractivity contribution in [1.82, 2.24) is 15.0 Å². The third kappa shape index (κ3) is 4.99. The van der Waals surface area contributed by atoms with Crippen LogP contribution < -0.4 is 0 Å². The largest absolute Gasteiger partial charge is 0.465 e.